The molecule has 0 saturated carbocycles. The summed E-state index contributed by atoms with van der Waals surface area (Å²) in [6, 6.07) is 10.3. The summed E-state index contributed by atoms with van der Waals surface area (Å²) in [5, 5.41) is 2.95. The predicted octanol–water partition coefficient (Wildman–Crippen LogP) is 4.00. The molecule has 1 N–H and O–H groups in total. The van der Waals surface area contributed by atoms with Crippen LogP contribution in [0.5, 0.6) is 11.5 Å². The van der Waals surface area contributed by atoms with Crippen LogP contribution < -0.4 is 14.2 Å². The lowest BCUT2D eigenvalue weighted by atomic mass is 10.2. The molecule has 0 aromatic heterocycles. The van der Waals surface area contributed by atoms with Gasteiger partial charge >= 0.3 is 10.1 Å². The van der Waals surface area contributed by atoms with E-state index in [0.29, 0.717) is 26.4 Å². The van der Waals surface area contributed by atoms with Crippen molar-refractivity contribution >= 4 is 62.0 Å². The van der Waals surface area contributed by atoms with Gasteiger partial charge in [-0.3, -0.25) is 4.79 Å². The Morgan fingerprint density at radius 1 is 1.18 bits per heavy atom. The topological polar surface area (TPSA) is 81.7 Å². The maximum absolute atomic E-state index is 12.5. The van der Waals surface area contributed by atoms with Crippen LogP contribution in [0.4, 0.5) is 0 Å². The fraction of sp³-hybridized carbons (Fsp3) is 0.111. The van der Waals surface area contributed by atoms with Crippen LogP contribution in [0.25, 0.3) is 6.08 Å². The largest absolute Gasteiger partial charge is 0.490 e. The second-order valence-corrected chi connectivity index (χ2v) is 9.18. The van der Waals surface area contributed by atoms with Gasteiger partial charge in [-0.25, -0.2) is 0 Å². The quantitative estimate of drug-likeness (QED) is 0.400. The molecule has 2 aromatic carbocycles. The van der Waals surface area contributed by atoms with Crippen molar-refractivity contribution in [3.63, 3.8) is 0 Å². The summed E-state index contributed by atoms with van der Waals surface area (Å²) in [6.07, 6.45) is 1.64. The first-order valence-corrected chi connectivity index (χ1v) is 11.0. The zero-order valence-electron chi connectivity index (χ0n) is 14.5. The molecule has 1 aliphatic rings. The van der Waals surface area contributed by atoms with Crippen LogP contribution in [0.1, 0.15) is 12.5 Å². The lowest BCUT2D eigenvalue weighted by molar-refractivity contribution is -0.115. The first-order valence-electron chi connectivity index (χ1n) is 8.00. The summed E-state index contributed by atoms with van der Waals surface area (Å²) in [7, 11) is -4.06. The van der Waals surface area contributed by atoms with E-state index in [9.17, 15) is 13.2 Å². The molecule has 1 fully saturated rings. The summed E-state index contributed by atoms with van der Waals surface area (Å²) >= 11 is 11.9. The van der Waals surface area contributed by atoms with Gasteiger partial charge in [0, 0.05) is 5.02 Å². The van der Waals surface area contributed by atoms with Gasteiger partial charge in [0.25, 0.3) is 5.91 Å². The van der Waals surface area contributed by atoms with Crippen LogP contribution in [-0.2, 0) is 14.9 Å². The van der Waals surface area contributed by atoms with E-state index in [2.05, 4.69) is 5.32 Å². The second-order valence-electron chi connectivity index (χ2n) is 5.48. The van der Waals surface area contributed by atoms with E-state index in [1.54, 1.807) is 25.1 Å². The summed E-state index contributed by atoms with van der Waals surface area (Å²) in [6.45, 7) is 2.07. The van der Waals surface area contributed by atoms with Crippen LogP contribution in [0.3, 0.4) is 0 Å². The Labute approximate surface area is 177 Å². The number of hydrogen-bond donors (Lipinski definition) is 1. The van der Waals surface area contributed by atoms with Crippen molar-refractivity contribution in [2.75, 3.05) is 6.61 Å². The van der Waals surface area contributed by atoms with Crippen LogP contribution in [-0.4, -0.2) is 25.3 Å². The lowest BCUT2D eigenvalue weighted by Crippen LogP contribution is -2.17. The van der Waals surface area contributed by atoms with Crippen molar-refractivity contribution in [1.82, 2.24) is 5.32 Å². The Morgan fingerprint density at radius 2 is 1.89 bits per heavy atom. The average Bonchev–Trinajstić information content (AvgIpc) is 2.95. The number of hydrogen-bond acceptors (Lipinski definition) is 7. The number of amides is 1. The van der Waals surface area contributed by atoms with Gasteiger partial charge in [-0.15, -0.1) is 0 Å². The average molecular weight is 456 g/mol. The number of nitrogens with one attached hydrogen (secondary N) is 1. The van der Waals surface area contributed by atoms with Crippen molar-refractivity contribution in [1.29, 1.82) is 0 Å². The number of rotatable bonds is 6. The van der Waals surface area contributed by atoms with Gasteiger partial charge in [0.15, 0.2) is 11.5 Å². The number of carbonyl (C=O) groups is 1. The number of benzene rings is 2. The molecule has 1 saturated heterocycles. The van der Waals surface area contributed by atoms with Gasteiger partial charge in [-0.1, -0.05) is 41.6 Å². The highest BCUT2D eigenvalue weighted by atomic mass is 35.5. The molecule has 1 aliphatic heterocycles. The van der Waals surface area contributed by atoms with Crippen LogP contribution in [0, 0.1) is 0 Å². The van der Waals surface area contributed by atoms with Gasteiger partial charge in [-0.05, 0) is 55.0 Å². The van der Waals surface area contributed by atoms with E-state index in [4.69, 9.17) is 32.7 Å². The van der Waals surface area contributed by atoms with Crippen molar-refractivity contribution in [3.8, 4) is 11.5 Å². The molecule has 0 unspecified atom stereocenters. The zero-order valence-corrected chi connectivity index (χ0v) is 17.7. The highest BCUT2D eigenvalue weighted by Crippen LogP contribution is 2.33. The molecule has 2 aromatic rings. The van der Waals surface area contributed by atoms with E-state index in [-0.39, 0.29) is 22.3 Å². The Morgan fingerprint density at radius 3 is 2.50 bits per heavy atom. The van der Waals surface area contributed by atoms with Crippen molar-refractivity contribution in [3.05, 3.63) is 58.0 Å². The van der Waals surface area contributed by atoms with Gasteiger partial charge in [0.1, 0.15) is 9.22 Å². The van der Waals surface area contributed by atoms with Gasteiger partial charge in [0.05, 0.1) is 11.5 Å². The van der Waals surface area contributed by atoms with Gasteiger partial charge in [-0.2, -0.15) is 8.42 Å². The maximum atomic E-state index is 12.5. The fourth-order valence-electron chi connectivity index (χ4n) is 2.29. The smallest absolute Gasteiger partial charge is 0.339 e. The Hall–Kier alpha value is -2.07. The second kappa shape index (κ2) is 8.52. The van der Waals surface area contributed by atoms with Crippen LogP contribution in [0.15, 0.2) is 52.3 Å². The lowest BCUT2D eigenvalue weighted by Gasteiger charge is -2.12. The van der Waals surface area contributed by atoms with Crippen LogP contribution >= 0.6 is 35.6 Å². The van der Waals surface area contributed by atoms with Gasteiger partial charge in [0.2, 0.25) is 0 Å². The van der Waals surface area contributed by atoms with E-state index in [0.717, 1.165) is 11.8 Å². The SMILES string of the molecule is CCOc1cc(C=C2SC(=S)NC2=O)ccc1OS(=O)(=O)c1ccc(Cl)cc1. The summed E-state index contributed by atoms with van der Waals surface area (Å²) in [5.41, 5.74) is 0.641. The number of thioether (sulfide) groups is 1. The number of carbonyl (C=O) groups excluding carboxylic acids is 1. The monoisotopic (exact) mass is 455 g/mol. The molecular weight excluding hydrogens is 442 g/mol. The van der Waals surface area contributed by atoms with Crippen LogP contribution in [0.2, 0.25) is 5.02 Å². The Kier molecular flexibility index (Phi) is 6.29. The highest BCUT2D eigenvalue weighted by Gasteiger charge is 2.23. The Balaban J connectivity index is 1.91. The minimum Gasteiger partial charge on any atom is -0.490 e. The number of halogens is 1. The minimum atomic E-state index is -4.06. The molecule has 6 nitrogen and oxygen atoms in total. The predicted molar refractivity (Wildman–Crippen MR) is 113 cm³/mol. The normalized spacial score (nSPS) is 15.6. The third-order valence-corrected chi connectivity index (χ3v) is 6.17. The third-order valence-electron chi connectivity index (χ3n) is 3.51. The molecule has 0 radical (unpaired) electrons. The molecule has 0 bridgehead atoms. The van der Waals surface area contributed by atoms with Crippen molar-refractivity contribution < 1.29 is 22.1 Å². The zero-order chi connectivity index (χ0) is 20.3. The van der Waals surface area contributed by atoms with Crippen molar-refractivity contribution in [2.45, 2.75) is 11.8 Å². The molecule has 28 heavy (non-hydrogen) atoms. The van der Waals surface area contributed by atoms with Gasteiger partial charge < -0.3 is 14.2 Å². The minimum absolute atomic E-state index is 0.0296. The standard InChI is InChI=1S/C18H14ClNO5S3/c1-2-24-15-9-11(10-16-17(21)20-18(26)27-16)3-8-14(15)25-28(22,23)13-6-4-12(19)5-7-13/h3-10H,2H2,1H3,(H,20,21,26). The molecule has 0 aliphatic carbocycles. The molecule has 1 heterocycles. The van der Waals surface area contributed by atoms with E-state index in [1.807, 2.05) is 0 Å². The third kappa shape index (κ3) is 4.85. The van der Waals surface area contributed by atoms with E-state index < -0.39 is 10.1 Å². The molecule has 0 atom stereocenters. The molecule has 10 heteroatoms. The maximum Gasteiger partial charge on any atom is 0.339 e. The fourth-order valence-corrected chi connectivity index (χ4v) is 4.40. The first kappa shape index (κ1) is 20.7. The Bertz CT molecular complexity index is 1070. The highest BCUT2D eigenvalue weighted by molar-refractivity contribution is 8.26. The summed E-state index contributed by atoms with van der Waals surface area (Å²) in [5.74, 6) is -0.00281. The molecule has 1 amide bonds. The number of ether oxygens (including phenoxy) is 1. The first-order chi connectivity index (χ1) is 13.3. The molecule has 146 valence electrons. The summed E-state index contributed by atoms with van der Waals surface area (Å²) < 4.78 is 36.2. The summed E-state index contributed by atoms with van der Waals surface area (Å²) in [4.78, 5) is 12.2. The molecular formula is C18H14ClNO5S3. The van der Waals surface area contributed by atoms with E-state index in [1.165, 1.54) is 30.3 Å². The molecule has 3 rings (SSSR count). The van der Waals surface area contributed by atoms with E-state index >= 15 is 0 Å². The molecule has 0 spiro atoms. The van der Waals surface area contributed by atoms with Crippen molar-refractivity contribution in [2.24, 2.45) is 0 Å². The number of thiocarbonyl (C=S) groups is 1.